The topological polar surface area (TPSA) is 0 Å². The van der Waals surface area contributed by atoms with E-state index in [1.54, 1.807) is 6.08 Å². The molecule has 0 aliphatic carbocycles. The van der Waals surface area contributed by atoms with E-state index in [0.717, 1.165) is 11.1 Å². The zero-order valence-corrected chi connectivity index (χ0v) is 9.46. The third kappa shape index (κ3) is 2.92. The van der Waals surface area contributed by atoms with Crippen LogP contribution in [-0.4, -0.2) is 6.67 Å². The Bertz CT molecular complexity index is 339. The molecule has 1 unspecified atom stereocenters. The van der Waals surface area contributed by atoms with Crippen LogP contribution in [0.15, 0.2) is 24.8 Å². The molecule has 1 heteroatoms. The van der Waals surface area contributed by atoms with Crippen LogP contribution in [0.25, 0.3) is 6.08 Å². The normalized spacial score (nSPS) is 12.9. The van der Waals surface area contributed by atoms with Gasteiger partial charge >= 0.3 is 0 Å². The Balaban J connectivity index is 3.16. The molecular weight excluding hydrogens is 187 g/mol. The average Bonchev–Trinajstić information content (AvgIpc) is 2.27. The van der Waals surface area contributed by atoms with E-state index in [1.807, 2.05) is 12.1 Å². The van der Waals surface area contributed by atoms with E-state index in [1.165, 1.54) is 5.56 Å². The van der Waals surface area contributed by atoms with Gasteiger partial charge in [-0.2, -0.15) is 0 Å². The van der Waals surface area contributed by atoms with Gasteiger partial charge in [0.25, 0.3) is 0 Å². The molecule has 1 aromatic rings. The molecule has 0 nitrogen and oxygen atoms in total. The summed E-state index contributed by atoms with van der Waals surface area (Å²) in [4.78, 5) is 0. The Labute approximate surface area is 91.8 Å². The van der Waals surface area contributed by atoms with E-state index in [4.69, 9.17) is 0 Å². The van der Waals surface area contributed by atoms with Crippen molar-refractivity contribution in [3.8, 4) is 0 Å². The molecule has 81 valence electrons. The first-order chi connectivity index (χ1) is 7.08. The van der Waals surface area contributed by atoms with Crippen molar-refractivity contribution < 1.29 is 4.39 Å². The first-order valence-corrected chi connectivity index (χ1v) is 5.24. The lowest BCUT2D eigenvalue weighted by Gasteiger charge is -2.13. The van der Waals surface area contributed by atoms with Crippen molar-refractivity contribution in [1.82, 2.24) is 0 Å². The minimum absolute atomic E-state index is 0.276. The molecule has 0 saturated carbocycles. The first-order valence-electron chi connectivity index (χ1n) is 5.24. The van der Waals surface area contributed by atoms with Crippen LogP contribution in [-0.2, 0) is 0 Å². The summed E-state index contributed by atoms with van der Waals surface area (Å²) in [7, 11) is 0. The molecule has 1 atom stereocenters. The van der Waals surface area contributed by atoms with E-state index in [2.05, 4.69) is 33.4 Å². The van der Waals surface area contributed by atoms with Crippen molar-refractivity contribution in [1.29, 1.82) is 0 Å². The molecule has 0 aliphatic heterocycles. The monoisotopic (exact) mass is 205 g/mol. The summed E-state index contributed by atoms with van der Waals surface area (Å²) in [5, 5.41) is 0. The van der Waals surface area contributed by atoms with Gasteiger partial charge in [-0.05, 0) is 29.5 Å². The van der Waals surface area contributed by atoms with E-state index in [-0.39, 0.29) is 5.92 Å². The summed E-state index contributed by atoms with van der Waals surface area (Å²) >= 11 is 0. The van der Waals surface area contributed by atoms with Crippen molar-refractivity contribution in [2.24, 2.45) is 0 Å². The lowest BCUT2D eigenvalue weighted by Crippen LogP contribution is -1.99. The molecule has 0 aliphatic rings. The molecular formula is C14H18F. The van der Waals surface area contributed by atoms with Crippen molar-refractivity contribution in [3.63, 3.8) is 0 Å². The predicted molar refractivity (Wildman–Crippen MR) is 64.7 cm³/mol. The number of hydrogen-bond acceptors (Lipinski definition) is 0. The van der Waals surface area contributed by atoms with Gasteiger partial charge in [0, 0.05) is 5.92 Å². The highest BCUT2D eigenvalue weighted by Crippen LogP contribution is 2.24. The third-order valence-corrected chi connectivity index (χ3v) is 2.56. The van der Waals surface area contributed by atoms with Crippen LogP contribution < -0.4 is 0 Å². The maximum Gasteiger partial charge on any atom is 0.0962 e. The van der Waals surface area contributed by atoms with Gasteiger partial charge in [0.05, 0.1) is 6.67 Å². The second-order valence-electron chi connectivity index (χ2n) is 4.14. The maximum atomic E-state index is 12.6. The summed E-state index contributed by atoms with van der Waals surface area (Å²) in [6, 6.07) is 6.08. The number of rotatable bonds is 4. The Kier molecular flexibility index (Phi) is 4.07. The fourth-order valence-corrected chi connectivity index (χ4v) is 1.48. The highest BCUT2D eigenvalue weighted by Gasteiger charge is 2.08. The molecule has 0 aromatic heterocycles. The summed E-state index contributed by atoms with van der Waals surface area (Å²) in [5.74, 6) is 0.165. The Morgan fingerprint density at radius 3 is 2.33 bits per heavy atom. The number of hydrogen-bond donors (Lipinski definition) is 0. The van der Waals surface area contributed by atoms with Gasteiger partial charge in [0.15, 0.2) is 0 Å². The van der Waals surface area contributed by atoms with Crippen LogP contribution >= 0.6 is 0 Å². The molecule has 0 fully saturated rings. The second-order valence-corrected chi connectivity index (χ2v) is 4.14. The van der Waals surface area contributed by atoms with Gasteiger partial charge in [0.1, 0.15) is 0 Å². The standard InChI is InChI=1S/C14H18F/c1-5-12-6-13(10(2)3)8-14(7-12)11(4)9-15/h5-8,10-11H,1,4,9H2,2-3H3. The van der Waals surface area contributed by atoms with Gasteiger partial charge in [-0.25, -0.2) is 0 Å². The largest absolute Gasteiger partial charge is 0.250 e. The SMILES string of the molecule is [CH2]C(CF)c1cc(C=C)cc(C(C)C)c1. The summed E-state index contributed by atoms with van der Waals surface area (Å²) in [6.07, 6.45) is 1.79. The van der Waals surface area contributed by atoms with Crippen LogP contribution in [0.3, 0.4) is 0 Å². The third-order valence-electron chi connectivity index (χ3n) is 2.56. The Morgan fingerprint density at radius 2 is 1.87 bits per heavy atom. The Morgan fingerprint density at radius 1 is 1.27 bits per heavy atom. The molecule has 1 radical (unpaired) electrons. The van der Waals surface area contributed by atoms with Crippen LogP contribution in [0.5, 0.6) is 0 Å². The van der Waals surface area contributed by atoms with Crippen molar-refractivity contribution in [2.45, 2.75) is 25.7 Å². The average molecular weight is 205 g/mol. The summed E-state index contributed by atoms with van der Waals surface area (Å²) < 4.78 is 12.6. The van der Waals surface area contributed by atoms with Gasteiger partial charge in [0.2, 0.25) is 0 Å². The minimum Gasteiger partial charge on any atom is -0.250 e. The number of alkyl halides is 1. The van der Waals surface area contributed by atoms with Gasteiger partial charge in [-0.15, -0.1) is 0 Å². The molecule has 0 spiro atoms. The predicted octanol–water partition coefficient (Wildman–Crippen LogP) is 4.34. The number of halogens is 1. The van der Waals surface area contributed by atoms with Crippen LogP contribution in [0.4, 0.5) is 4.39 Å². The van der Waals surface area contributed by atoms with Crippen LogP contribution in [0.1, 0.15) is 42.4 Å². The van der Waals surface area contributed by atoms with Gasteiger partial charge < -0.3 is 0 Å². The van der Waals surface area contributed by atoms with Crippen molar-refractivity contribution >= 4 is 6.08 Å². The molecule has 0 amide bonds. The Hall–Kier alpha value is -1.11. The van der Waals surface area contributed by atoms with E-state index < -0.39 is 6.67 Å². The number of benzene rings is 1. The molecule has 1 aromatic carbocycles. The second kappa shape index (κ2) is 5.11. The quantitative estimate of drug-likeness (QED) is 0.686. The first kappa shape index (κ1) is 12.0. The zero-order valence-electron chi connectivity index (χ0n) is 9.46. The lowest BCUT2D eigenvalue weighted by atomic mass is 9.93. The van der Waals surface area contributed by atoms with Crippen molar-refractivity contribution in [3.05, 3.63) is 48.4 Å². The molecule has 1 rings (SSSR count). The molecule has 0 N–H and O–H groups in total. The minimum atomic E-state index is -0.419. The molecule has 0 heterocycles. The van der Waals surface area contributed by atoms with Crippen molar-refractivity contribution in [2.75, 3.05) is 6.67 Å². The van der Waals surface area contributed by atoms with Crippen LogP contribution in [0.2, 0.25) is 0 Å². The molecule has 15 heavy (non-hydrogen) atoms. The molecule has 0 saturated heterocycles. The van der Waals surface area contributed by atoms with Gasteiger partial charge in [-0.1, -0.05) is 44.7 Å². The van der Waals surface area contributed by atoms with Crippen LogP contribution in [0, 0.1) is 6.92 Å². The lowest BCUT2D eigenvalue weighted by molar-refractivity contribution is 0.465. The summed E-state index contributed by atoms with van der Waals surface area (Å²) in [5.41, 5.74) is 3.21. The zero-order chi connectivity index (χ0) is 11.4. The maximum absolute atomic E-state index is 12.6. The van der Waals surface area contributed by atoms with E-state index in [9.17, 15) is 4.39 Å². The molecule has 0 bridgehead atoms. The highest BCUT2D eigenvalue weighted by molar-refractivity contribution is 5.51. The fourth-order valence-electron chi connectivity index (χ4n) is 1.48. The fraction of sp³-hybridized carbons (Fsp3) is 0.357. The van der Waals surface area contributed by atoms with E-state index in [0.29, 0.717) is 5.92 Å². The van der Waals surface area contributed by atoms with E-state index >= 15 is 0 Å². The summed E-state index contributed by atoms with van der Waals surface area (Å²) in [6.45, 7) is 11.4. The smallest absolute Gasteiger partial charge is 0.0962 e. The van der Waals surface area contributed by atoms with Gasteiger partial charge in [-0.3, -0.25) is 4.39 Å². The highest BCUT2D eigenvalue weighted by atomic mass is 19.1.